The molecule has 27 heavy (non-hydrogen) atoms. The van der Waals surface area contributed by atoms with Crippen molar-refractivity contribution in [3.05, 3.63) is 45.0 Å². The number of hydrogen-bond acceptors (Lipinski definition) is 7. The van der Waals surface area contributed by atoms with Gasteiger partial charge in [-0.15, -0.1) is 23.7 Å². The summed E-state index contributed by atoms with van der Waals surface area (Å²) in [6.07, 6.45) is 1.90. The lowest BCUT2D eigenvalue weighted by Gasteiger charge is -2.30. The Labute approximate surface area is 171 Å². The van der Waals surface area contributed by atoms with E-state index in [9.17, 15) is 14.9 Å². The number of aryl methyl sites for hydroxylation is 1. The molecule has 7 nitrogen and oxygen atoms in total. The van der Waals surface area contributed by atoms with Gasteiger partial charge in [-0.3, -0.25) is 14.9 Å². The number of carbonyl (C=O) groups is 1. The molecule has 3 rings (SSSR count). The van der Waals surface area contributed by atoms with Crippen LogP contribution in [0.25, 0.3) is 0 Å². The largest absolute Gasteiger partial charge is 0.348 e. The fraction of sp³-hybridized carbons (Fsp3) is 0.412. The molecule has 2 atom stereocenters. The number of halogens is 1. The smallest absolute Gasteiger partial charge is 0.284 e. The number of thiazole rings is 1. The molecular weight excluding hydrogens is 408 g/mol. The summed E-state index contributed by atoms with van der Waals surface area (Å²) in [7, 11) is 0. The van der Waals surface area contributed by atoms with Crippen molar-refractivity contribution in [3.63, 3.8) is 0 Å². The molecule has 10 heteroatoms. The van der Waals surface area contributed by atoms with Gasteiger partial charge in [-0.05, 0) is 45.4 Å². The third-order valence-corrected chi connectivity index (χ3v) is 6.41. The summed E-state index contributed by atoms with van der Waals surface area (Å²) in [4.78, 5) is 28.3. The molecule has 2 heterocycles. The van der Waals surface area contributed by atoms with Gasteiger partial charge in [0.15, 0.2) is 4.34 Å². The standard InChI is InChI=1S/C17H20N4O3S2.ClH/c1-10-9-25-17(19-10)26-15-6-5-12(8-14(15)21(23)24)16(22)20-13-4-3-7-18-11(13)2;/h5-6,8-9,11,13,18H,3-4,7H2,1-2H3,(H,20,22);1H. The molecule has 1 saturated heterocycles. The Morgan fingerprint density at radius 2 is 2.26 bits per heavy atom. The highest BCUT2D eigenvalue weighted by molar-refractivity contribution is 8.01. The highest BCUT2D eigenvalue weighted by atomic mass is 35.5. The number of nitrogens with one attached hydrogen (secondary N) is 2. The first-order chi connectivity index (χ1) is 12.4. The van der Waals surface area contributed by atoms with E-state index in [1.807, 2.05) is 19.2 Å². The first-order valence-corrected chi connectivity index (χ1v) is 10.1. The Hall–Kier alpha value is -1.68. The maximum absolute atomic E-state index is 12.5. The summed E-state index contributed by atoms with van der Waals surface area (Å²) >= 11 is 2.69. The van der Waals surface area contributed by atoms with E-state index in [1.165, 1.54) is 29.2 Å². The van der Waals surface area contributed by atoms with Gasteiger partial charge in [-0.1, -0.05) is 11.8 Å². The average molecular weight is 429 g/mol. The number of amides is 1. The summed E-state index contributed by atoms with van der Waals surface area (Å²) in [5.74, 6) is -0.282. The van der Waals surface area contributed by atoms with Gasteiger partial charge in [0.1, 0.15) is 0 Å². The quantitative estimate of drug-likeness (QED) is 0.555. The fourth-order valence-corrected chi connectivity index (χ4v) is 4.73. The second kappa shape index (κ2) is 9.50. The number of carbonyl (C=O) groups excluding carboxylic acids is 1. The van der Waals surface area contributed by atoms with Crippen molar-refractivity contribution >= 4 is 47.1 Å². The zero-order chi connectivity index (χ0) is 18.7. The van der Waals surface area contributed by atoms with Crippen LogP contribution in [0.5, 0.6) is 0 Å². The lowest BCUT2D eigenvalue weighted by molar-refractivity contribution is -0.387. The molecule has 2 N–H and O–H groups in total. The van der Waals surface area contributed by atoms with E-state index in [4.69, 9.17) is 0 Å². The average Bonchev–Trinajstić information content (AvgIpc) is 3.02. The number of nitro benzene ring substituents is 1. The molecule has 1 aromatic heterocycles. The second-order valence-electron chi connectivity index (χ2n) is 6.26. The summed E-state index contributed by atoms with van der Waals surface area (Å²) in [5.41, 5.74) is 1.10. The molecule has 0 bridgehead atoms. The molecule has 0 aliphatic carbocycles. The van der Waals surface area contributed by atoms with Gasteiger partial charge < -0.3 is 10.6 Å². The Balaban J connectivity index is 0.00000261. The number of benzene rings is 1. The van der Waals surface area contributed by atoms with Crippen molar-refractivity contribution in [3.8, 4) is 0 Å². The van der Waals surface area contributed by atoms with E-state index in [2.05, 4.69) is 15.6 Å². The second-order valence-corrected chi connectivity index (χ2v) is 8.41. The van der Waals surface area contributed by atoms with Gasteiger partial charge >= 0.3 is 0 Å². The third-order valence-electron chi connectivity index (χ3n) is 4.29. The van der Waals surface area contributed by atoms with E-state index in [-0.39, 0.29) is 36.1 Å². The Bertz CT molecular complexity index is 830. The molecule has 0 saturated carbocycles. The maximum Gasteiger partial charge on any atom is 0.284 e. The van der Waals surface area contributed by atoms with Gasteiger partial charge in [0.2, 0.25) is 0 Å². The first-order valence-electron chi connectivity index (χ1n) is 8.36. The van der Waals surface area contributed by atoms with Gasteiger partial charge in [-0.2, -0.15) is 0 Å². The monoisotopic (exact) mass is 428 g/mol. The van der Waals surface area contributed by atoms with E-state index in [1.54, 1.807) is 12.1 Å². The fourth-order valence-electron chi connectivity index (χ4n) is 2.85. The minimum Gasteiger partial charge on any atom is -0.348 e. The lowest BCUT2D eigenvalue weighted by Crippen LogP contribution is -2.51. The van der Waals surface area contributed by atoms with Crippen LogP contribution < -0.4 is 10.6 Å². The normalized spacial score (nSPS) is 19.2. The third kappa shape index (κ3) is 5.41. The van der Waals surface area contributed by atoms with Crippen molar-refractivity contribution < 1.29 is 9.72 Å². The molecule has 0 spiro atoms. The molecule has 2 unspecified atom stereocenters. The van der Waals surface area contributed by atoms with Crippen molar-refractivity contribution in [1.82, 2.24) is 15.6 Å². The van der Waals surface area contributed by atoms with Crippen LogP contribution in [-0.2, 0) is 0 Å². The minimum atomic E-state index is -0.454. The number of nitrogens with zero attached hydrogens (tertiary/aromatic N) is 2. The number of piperidine rings is 1. The van der Waals surface area contributed by atoms with E-state index in [0.717, 1.165) is 29.4 Å². The van der Waals surface area contributed by atoms with Crippen LogP contribution in [0.1, 0.15) is 35.8 Å². The van der Waals surface area contributed by atoms with Crippen LogP contribution in [-0.4, -0.2) is 34.4 Å². The van der Waals surface area contributed by atoms with Crippen LogP contribution in [0.15, 0.2) is 32.8 Å². The Morgan fingerprint density at radius 3 is 2.89 bits per heavy atom. The Morgan fingerprint density at radius 1 is 1.48 bits per heavy atom. The molecule has 1 aliphatic heterocycles. The van der Waals surface area contributed by atoms with Crippen molar-refractivity contribution in [2.45, 2.75) is 48.0 Å². The summed E-state index contributed by atoms with van der Waals surface area (Å²) in [6.45, 7) is 4.85. The van der Waals surface area contributed by atoms with Crippen LogP contribution in [0.3, 0.4) is 0 Å². The number of aromatic nitrogens is 1. The van der Waals surface area contributed by atoms with Crippen molar-refractivity contribution in [2.24, 2.45) is 0 Å². The number of hydrogen-bond donors (Lipinski definition) is 2. The zero-order valence-electron chi connectivity index (χ0n) is 14.9. The predicted octanol–water partition coefficient (Wildman–Crippen LogP) is 3.80. The van der Waals surface area contributed by atoms with Gasteiger partial charge in [0, 0.05) is 34.8 Å². The minimum absolute atomic E-state index is 0. The first kappa shape index (κ1) is 21.6. The molecule has 0 radical (unpaired) electrons. The summed E-state index contributed by atoms with van der Waals surface area (Å²) < 4.78 is 0.741. The molecular formula is C17H21ClN4O3S2. The SMILES string of the molecule is Cc1csc(Sc2ccc(C(=O)NC3CCCNC3C)cc2[N+](=O)[O-])n1.Cl. The lowest BCUT2D eigenvalue weighted by atomic mass is 9.99. The number of rotatable bonds is 5. The van der Waals surface area contributed by atoms with Crippen LogP contribution in [0.2, 0.25) is 0 Å². The molecule has 1 aliphatic rings. The predicted molar refractivity (Wildman–Crippen MR) is 109 cm³/mol. The van der Waals surface area contributed by atoms with E-state index in [0.29, 0.717) is 10.5 Å². The van der Waals surface area contributed by atoms with Crippen LogP contribution in [0, 0.1) is 17.0 Å². The molecule has 1 amide bonds. The van der Waals surface area contributed by atoms with Gasteiger partial charge in [0.05, 0.1) is 9.82 Å². The van der Waals surface area contributed by atoms with E-state index >= 15 is 0 Å². The topological polar surface area (TPSA) is 97.2 Å². The highest BCUT2D eigenvalue weighted by Crippen LogP contribution is 2.36. The Kier molecular flexibility index (Phi) is 7.60. The maximum atomic E-state index is 12.5. The van der Waals surface area contributed by atoms with Gasteiger partial charge in [-0.25, -0.2) is 4.98 Å². The van der Waals surface area contributed by atoms with Crippen molar-refractivity contribution in [1.29, 1.82) is 0 Å². The van der Waals surface area contributed by atoms with E-state index < -0.39 is 4.92 Å². The highest BCUT2D eigenvalue weighted by Gasteiger charge is 2.24. The number of nitro groups is 1. The summed E-state index contributed by atoms with van der Waals surface area (Å²) in [5, 5.41) is 19.7. The molecule has 1 aromatic carbocycles. The van der Waals surface area contributed by atoms with Crippen LogP contribution in [0.4, 0.5) is 5.69 Å². The van der Waals surface area contributed by atoms with Crippen LogP contribution >= 0.6 is 35.5 Å². The molecule has 2 aromatic rings. The summed E-state index contributed by atoms with van der Waals surface area (Å²) in [6, 6.07) is 4.82. The molecule has 1 fully saturated rings. The van der Waals surface area contributed by atoms with Gasteiger partial charge in [0.25, 0.3) is 11.6 Å². The van der Waals surface area contributed by atoms with Crippen molar-refractivity contribution in [2.75, 3.05) is 6.54 Å². The zero-order valence-corrected chi connectivity index (χ0v) is 17.4. The molecule has 146 valence electrons.